The van der Waals surface area contributed by atoms with E-state index in [9.17, 15) is 4.79 Å². The first kappa shape index (κ1) is 23.5. The Morgan fingerprint density at radius 3 is 2.52 bits per heavy atom. The molecular weight excluding hydrogens is 430 g/mol. The highest BCUT2D eigenvalue weighted by Gasteiger charge is 2.28. The van der Waals surface area contributed by atoms with Gasteiger partial charge >= 0.3 is 0 Å². The maximum Gasteiger partial charge on any atom is 0.235 e. The van der Waals surface area contributed by atoms with Crippen LogP contribution in [0.3, 0.4) is 0 Å². The molecule has 0 N–H and O–H groups in total. The van der Waals surface area contributed by atoms with Gasteiger partial charge in [0.2, 0.25) is 5.91 Å². The Morgan fingerprint density at radius 1 is 1.06 bits per heavy atom. The fraction of sp³-hybridized carbons (Fsp3) is 0.462. The fourth-order valence-corrected chi connectivity index (χ4v) is 5.53. The van der Waals surface area contributed by atoms with E-state index < -0.39 is 0 Å². The second-order valence-electron chi connectivity index (χ2n) is 9.10. The lowest BCUT2D eigenvalue weighted by molar-refractivity contribution is -0.131. The van der Waals surface area contributed by atoms with Crippen LogP contribution in [-0.2, 0) is 4.79 Å². The number of hydrogen-bond donors (Lipinski definition) is 0. The van der Waals surface area contributed by atoms with Crippen molar-refractivity contribution in [1.82, 2.24) is 24.6 Å². The van der Waals surface area contributed by atoms with Gasteiger partial charge in [-0.15, -0.1) is 10.2 Å². The van der Waals surface area contributed by atoms with Crippen molar-refractivity contribution in [3.63, 3.8) is 0 Å². The van der Waals surface area contributed by atoms with Crippen LogP contribution in [0.2, 0.25) is 0 Å². The van der Waals surface area contributed by atoms with Gasteiger partial charge in [0.05, 0.1) is 10.9 Å². The van der Waals surface area contributed by atoms with Gasteiger partial charge in [-0.05, 0) is 49.4 Å². The number of benzene rings is 1. The summed E-state index contributed by atoms with van der Waals surface area (Å²) >= 11 is 1.48. The maximum absolute atomic E-state index is 13.3. The number of carbonyl (C=O) groups excluding carboxylic acids is 1. The standard InChI is InChI=1S/C26H33N5OS/c1-18(2)22-14-8-9-15-23(22)31-24(20-11-10-16-27-17-20)28-29-26(31)33-19(3)25(32)30(4)21-12-6-5-7-13-21/h8-11,14-19,21H,5-7,12-13H2,1-4H3. The molecule has 0 radical (unpaired) electrons. The molecule has 4 rings (SSSR count). The van der Waals surface area contributed by atoms with Gasteiger partial charge in [-0.1, -0.05) is 63.1 Å². The average molecular weight is 464 g/mol. The highest BCUT2D eigenvalue weighted by molar-refractivity contribution is 8.00. The van der Waals surface area contributed by atoms with Crippen molar-refractivity contribution in [2.45, 2.75) is 75.2 Å². The topological polar surface area (TPSA) is 63.9 Å². The molecule has 1 amide bonds. The number of hydrogen-bond acceptors (Lipinski definition) is 5. The minimum atomic E-state index is -0.257. The zero-order valence-electron chi connectivity index (χ0n) is 19.9. The number of aromatic nitrogens is 4. The molecule has 0 saturated heterocycles. The van der Waals surface area contributed by atoms with E-state index in [1.165, 1.54) is 36.6 Å². The molecule has 1 unspecified atom stereocenters. The molecule has 1 fully saturated rings. The second kappa shape index (κ2) is 10.5. The van der Waals surface area contributed by atoms with Crippen LogP contribution in [0.5, 0.6) is 0 Å². The van der Waals surface area contributed by atoms with Gasteiger partial charge in [-0.2, -0.15) is 0 Å². The molecule has 0 bridgehead atoms. The molecule has 3 aromatic rings. The summed E-state index contributed by atoms with van der Waals surface area (Å²) in [4.78, 5) is 19.5. The third kappa shape index (κ3) is 5.13. The summed E-state index contributed by atoms with van der Waals surface area (Å²) in [6.07, 6.45) is 9.45. The summed E-state index contributed by atoms with van der Waals surface area (Å²) < 4.78 is 2.08. The lowest BCUT2D eigenvalue weighted by Crippen LogP contribution is -2.42. The van der Waals surface area contributed by atoms with Crippen LogP contribution in [0.1, 0.15) is 64.4 Å². The zero-order valence-corrected chi connectivity index (χ0v) is 20.8. The Balaban J connectivity index is 1.69. The number of rotatable bonds is 7. The number of para-hydroxylation sites is 1. The normalized spacial score (nSPS) is 15.5. The van der Waals surface area contributed by atoms with Crippen molar-refractivity contribution in [1.29, 1.82) is 0 Å². The Morgan fingerprint density at radius 2 is 1.82 bits per heavy atom. The second-order valence-corrected chi connectivity index (χ2v) is 10.4. The fourth-order valence-electron chi connectivity index (χ4n) is 4.57. The Labute approximate surface area is 200 Å². The molecular formula is C26H33N5OS. The highest BCUT2D eigenvalue weighted by atomic mass is 32.2. The summed E-state index contributed by atoms with van der Waals surface area (Å²) in [5, 5.41) is 9.54. The van der Waals surface area contributed by atoms with Crippen LogP contribution in [0.15, 0.2) is 53.9 Å². The van der Waals surface area contributed by atoms with Gasteiger partial charge in [0.1, 0.15) is 0 Å². The number of nitrogens with zero attached hydrogens (tertiary/aromatic N) is 5. The lowest BCUT2D eigenvalue weighted by atomic mass is 9.94. The maximum atomic E-state index is 13.3. The van der Waals surface area contributed by atoms with E-state index in [2.05, 4.69) is 51.8 Å². The van der Waals surface area contributed by atoms with Crippen molar-refractivity contribution in [3.05, 3.63) is 54.4 Å². The van der Waals surface area contributed by atoms with E-state index in [0.717, 1.165) is 35.1 Å². The van der Waals surface area contributed by atoms with Crippen molar-refractivity contribution in [2.24, 2.45) is 0 Å². The van der Waals surface area contributed by atoms with E-state index in [1.54, 1.807) is 12.4 Å². The lowest BCUT2D eigenvalue weighted by Gasteiger charge is -2.32. The first-order valence-corrected chi connectivity index (χ1v) is 12.7. The first-order valence-electron chi connectivity index (χ1n) is 11.9. The van der Waals surface area contributed by atoms with Crippen molar-refractivity contribution >= 4 is 17.7 Å². The van der Waals surface area contributed by atoms with Gasteiger partial charge in [-0.25, -0.2) is 0 Å². The SMILES string of the molecule is CC(Sc1nnc(-c2cccnc2)n1-c1ccccc1C(C)C)C(=O)N(C)C1CCCCC1. The average Bonchev–Trinajstić information content (AvgIpc) is 3.27. The summed E-state index contributed by atoms with van der Waals surface area (Å²) in [5.74, 6) is 1.22. The molecule has 174 valence electrons. The molecule has 1 atom stereocenters. The van der Waals surface area contributed by atoms with Gasteiger partial charge < -0.3 is 4.90 Å². The molecule has 1 aliphatic carbocycles. The minimum absolute atomic E-state index is 0.154. The summed E-state index contributed by atoms with van der Waals surface area (Å²) in [7, 11) is 1.95. The zero-order chi connectivity index (χ0) is 23.4. The van der Waals surface area contributed by atoms with Crippen LogP contribution in [0.25, 0.3) is 17.1 Å². The third-order valence-corrected chi connectivity index (χ3v) is 7.48. The van der Waals surface area contributed by atoms with Crippen LogP contribution in [-0.4, -0.2) is 48.9 Å². The van der Waals surface area contributed by atoms with Crippen molar-refractivity contribution < 1.29 is 4.79 Å². The molecule has 0 spiro atoms. The van der Waals surface area contributed by atoms with E-state index >= 15 is 0 Å². The number of pyridine rings is 1. The summed E-state index contributed by atoms with van der Waals surface area (Å²) in [6.45, 7) is 6.35. The molecule has 1 aromatic carbocycles. The van der Waals surface area contributed by atoms with E-state index in [0.29, 0.717) is 12.0 Å². The smallest absolute Gasteiger partial charge is 0.235 e. The van der Waals surface area contributed by atoms with Crippen molar-refractivity contribution in [2.75, 3.05) is 7.05 Å². The third-order valence-electron chi connectivity index (χ3n) is 6.45. The molecule has 1 saturated carbocycles. The van der Waals surface area contributed by atoms with Crippen LogP contribution in [0, 0.1) is 0 Å². The highest BCUT2D eigenvalue weighted by Crippen LogP contribution is 2.34. The predicted octanol–water partition coefficient (Wildman–Crippen LogP) is 5.72. The quantitative estimate of drug-likeness (QED) is 0.419. The molecule has 7 heteroatoms. The van der Waals surface area contributed by atoms with Gasteiger partial charge in [0.15, 0.2) is 11.0 Å². The number of amides is 1. The van der Waals surface area contributed by atoms with Crippen LogP contribution in [0.4, 0.5) is 0 Å². The molecule has 1 aliphatic rings. The molecule has 2 heterocycles. The number of thioether (sulfide) groups is 1. The van der Waals surface area contributed by atoms with E-state index in [4.69, 9.17) is 0 Å². The molecule has 6 nitrogen and oxygen atoms in total. The minimum Gasteiger partial charge on any atom is -0.342 e. The summed E-state index contributed by atoms with van der Waals surface area (Å²) in [6, 6.07) is 12.6. The van der Waals surface area contributed by atoms with Crippen LogP contribution < -0.4 is 0 Å². The molecule has 0 aliphatic heterocycles. The van der Waals surface area contributed by atoms with Gasteiger partial charge in [-0.3, -0.25) is 14.3 Å². The number of carbonyl (C=O) groups is 1. The Bertz CT molecular complexity index is 1080. The van der Waals surface area contributed by atoms with Crippen molar-refractivity contribution in [3.8, 4) is 17.1 Å². The van der Waals surface area contributed by atoms with Gasteiger partial charge in [0.25, 0.3) is 0 Å². The predicted molar refractivity (Wildman–Crippen MR) is 134 cm³/mol. The molecule has 33 heavy (non-hydrogen) atoms. The largest absolute Gasteiger partial charge is 0.342 e. The molecule has 2 aromatic heterocycles. The summed E-state index contributed by atoms with van der Waals surface area (Å²) in [5.41, 5.74) is 3.15. The van der Waals surface area contributed by atoms with Gasteiger partial charge in [0, 0.05) is 31.0 Å². The monoisotopic (exact) mass is 463 g/mol. The first-order chi connectivity index (χ1) is 16.0. The Kier molecular flexibility index (Phi) is 7.48. The van der Waals surface area contributed by atoms with E-state index in [-0.39, 0.29) is 11.2 Å². The van der Waals surface area contributed by atoms with E-state index in [1.807, 2.05) is 37.1 Å². The van der Waals surface area contributed by atoms with Crippen LogP contribution >= 0.6 is 11.8 Å². The Hall–Kier alpha value is -2.67.